The molecule has 0 atom stereocenters. The first kappa shape index (κ1) is 14.0. The number of nitrogens with two attached hydrogens (primary N) is 1. The second-order valence-electron chi connectivity index (χ2n) is 5.12. The molecule has 1 aromatic heterocycles. The van der Waals surface area contributed by atoms with Crippen molar-refractivity contribution in [3.8, 4) is 0 Å². The quantitative estimate of drug-likeness (QED) is 0.889. The van der Waals surface area contributed by atoms with Crippen LogP contribution in [0.1, 0.15) is 25.3 Å². The summed E-state index contributed by atoms with van der Waals surface area (Å²) in [5.74, 6) is 1.64. The average Bonchev–Trinajstić information content (AvgIpc) is 2.38. The second kappa shape index (κ2) is 5.73. The van der Waals surface area contributed by atoms with Crippen LogP contribution in [0.25, 0.3) is 0 Å². The molecule has 0 aliphatic carbocycles. The van der Waals surface area contributed by atoms with E-state index in [-0.39, 0.29) is 5.95 Å². The van der Waals surface area contributed by atoms with Gasteiger partial charge in [0.05, 0.1) is 0 Å². The maximum absolute atomic E-state index is 5.70. The number of anilines is 4. The van der Waals surface area contributed by atoms with Crippen LogP contribution < -0.4 is 16.0 Å². The molecule has 0 saturated carbocycles. The number of hydrogen-bond acceptors (Lipinski definition) is 6. The summed E-state index contributed by atoms with van der Waals surface area (Å²) < 4.78 is 0. The van der Waals surface area contributed by atoms with Crippen LogP contribution in [0, 0.1) is 0 Å². The van der Waals surface area contributed by atoms with Gasteiger partial charge in [0, 0.05) is 19.8 Å². The van der Waals surface area contributed by atoms with Crippen LogP contribution in [0.15, 0.2) is 24.3 Å². The van der Waals surface area contributed by atoms with E-state index in [0.717, 1.165) is 5.69 Å². The minimum Gasteiger partial charge on any atom is -0.368 e. The predicted molar refractivity (Wildman–Crippen MR) is 82.4 cm³/mol. The first-order valence-electron chi connectivity index (χ1n) is 6.51. The highest BCUT2D eigenvalue weighted by Crippen LogP contribution is 2.21. The van der Waals surface area contributed by atoms with Crippen molar-refractivity contribution < 1.29 is 0 Å². The van der Waals surface area contributed by atoms with Gasteiger partial charge < -0.3 is 16.0 Å². The Morgan fingerprint density at radius 3 is 2.55 bits per heavy atom. The zero-order chi connectivity index (χ0) is 14.7. The van der Waals surface area contributed by atoms with Gasteiger partial charge in [-0.1, -0.05) is 26.0 Å². The summed E-state index contributed by atoms with van der Waals surface area (Å²) in [4.78, 5) is 14.3. The van der Waals surface area contributed by atoms with Crippen LogP contribution in [0.2, 0.25) is 0 Å². The summed E-state index contributed by atoms with van der Waals surface area (Å²) in [6.45, 7) is 4.31. The summed E-state index contributed by atoms with van der Waals surface area (Å²) in [5, 5.41) is 3.17. The van der Waals surface area contributed by atoms with Crippen LogP contribution in [0.4, 0.5) is 23.5 Å². The van der Waals surface area contributed by atoms with Gasteiger partial charge in [-0.25, -0.2) is 0 Å². The monoisotopic (exact) mass is 272 g/mol. The molecular weight excluding hydrogens is 252 g/mol. The fraction of sp³-hybridized carbons (Fsp3) is 0.357. The lowest BCUT2D eigenvalue weighted by Crippen LogP contribution is -2.15. The topological polar surface area (TPSA) is 80.0 Å². The lowest BCUT2D eigenvalue weighted by atomic mass is 10.0. The maximum atomic E-state index is 5.70. The molecule has 2 rings (SSSR count). The van der Waals surface area contributed by atoms with Crippen molar-refractivity contribution in [2.75, 3.05) is 30.0 Å². The molecule has 106 valence electrons. The Bertz CT molecular complexity index is 594. The zero-order valence-electron chi connectivity index (χ0n) is 12.3. The average molecular weight is 272 g/mol. The smallest absolute Gasteiger partial charge is 0.233 e. The molecule has 6 nitrogen and oxygen atoms in total. The van der Waals surface area contributed by atoms with E-state index in [1.165, 1.54) is 5.56 Å². The van der Waals surface area contributed by atoms with E-state index < -0.39 is 0 Å². The van der Waals surface area contributed by atoms with Crippen LogP contribution >= 0.6 is 0 Å². The molecule has 2 aromatic rings. The van der Waals surface area contributed by atoms with Crippen molar-refractivity contribution in [2.45, 2.75) is 19.8 Å². The minimum absolute atomic E-state index is 0.200. The van der Waals surface area contributed by atoms with Crippen LogP contribution in [0.5, 0.6) is 0 Å². The van der Waals surface area contributed by atoms with E-state index in [1.54, 1.807) is 4.90 Å². The fourth-order valence-electron chi connectivity index (χ4n) is 1.74. The van der Waals surface area contributed by atoms with Gasteiger partial charge in [0.2, 0.25) is 17.8 Å². The number of benzene rings is 1. The molecule has 0 fully saturated rings. The van der Waals surface area contributed by atoms with E-state index in [9.17, 15) is 0 Å². The number of aromatic nitrogens is 3. The molecule has 1 aromatic carbocycles. The highest BCUT2D eigenvalue weighted by atomic mass is 15.3. The third-order valence-electron chi connectivity index (χ3n) is 2.85. The Morgan fingerprint density at radius 1 is 1.15 bits per heavy atom. The first-order chi connectivity index (χ1) is 9.45. The largest absolute Gasteiger partial charge is 0.368 e. The molecule has 0 saturated heterocycles. The number of hydrogen-bond donors (Lipinski definition) is 2. The third kappa shape index (κ3) is 3.34. The number of rotatable bonds is 4. The standard InChI is InChI=1S/C14H20N6/c1-9(2)10-6-5-7-11(8-10)16-13-17-12(15)18-14(19-13)20(3)4/h5-9H,1-4H3,(H3,15,16,17,18,19). The van der Waals surface area contributed by atoms with Gasteiger partial charge in [-0.15, -0.1) is 0 Å². The van der Waals surface area contributed by atoms with Gasteiger partial charge in [-0.05, 0) is 23.6 Å². The molecule has 6 heteroatoms. The third-order valence-corrected chi connectivity index (χ3v) is 2.85. The molecule has 3 N–H and O–H groups in total. The predicted octanol–water partition coefficient (Wildman–Crippen LogP) is 2.39. The zero-order valence-corrected chi connectivity index (χ0v) is 12.3. The van der Waals surface area contributed by atoms with Gasteiger partial charge in [-0.3, -0.25) is 0 Å². The molecule has 0 radical (unpaired) electrons. The molecule has 20 heavy (non-hydrogen) atoms. The fourth-order valence-corrected chi connectivity index (χ4v) is 1.74. The summed E-state index contributed by atoms with van der Waals surface area (Å²) in [7, 11) is 3.72. The Balaban J connectivity index is 2.27. The summed E-state index contributed by atoms with van der Waals surface area (Å²) >= 11 is 0. The molecule has 0 amide bonds. The summed E-state index contributed by atoms with van der Waals surface area (Å²) in [5.41, 5.74) is 7.89. The minimum atomic E-state index is 0.200. The van der Waals surface area contributed by atoms with Crippen molar-refractivity contribution in [3.05, 3.63) is 29.8 Å². The number of nitrogens with zero attached hydrogens (tertiary/aromatic N) is 4. The highest BCUT2D eigenvalue weighted by Gasteiger charge is 2.07. The van der Waals surface area contributed by atoms with Crippen molar-refractivity contribution >= 4 is 23.5 Å². The second-order valence-corrected chi connectivity index (χ2v) is 5.12. The molecule has 0 unspecified atom stereocenters. The highest BCUT2D eigenvalue weighted by molar-refractivity contribution is 5.56. The molecule has 0 aliphatic rings. The summed E-state index contributed by atoms with van der Waals surface area (Å²) in [6.07, 6.45) is 0. The van der Waals surface area contributed by atoms with Crippen molar-refractivity contribution in [2.24, 2.45) is 0 Å². The molecule has 1 heterocycles. The molecular formula is C14H20N6. The normalized spacial score (nSPS) is 10.7. The summed E-state index contributed by atoms with van der Waals surface area (Å²) in [6, 6.07) is 8.17. The lowest BCUT2D eigenvalue weighted by molar-refractivity contribution is 0.867. The van der Waals surface area contributed by atoms with Gasteiger partial charge in [-0.2, -0.15) is 15.0 Å². The number of nitrogen functional groups attached to an aromatic ring is 1. The van der Waals surface area contributed by atoms with Gasteiger partial charge >= 0.3 is 0 Å². The van der Waals surface area contributed by atoms with Gasteiger partial charge in [0.15, 0.2) is 0 Å². The van der Waals surface area contributed by atoms with E-state index in [2.05, 4.69) is 46.2 Å². The SMILES string of the molecule is CC(C)c1cccc(Nc2nc(N)nc(N(C)C)n2)c1. The van der Waals surface area contributed by atoms with E-state index in [4.69, 9.17) is 5.73 Å². The van der Waals surface area contributed by atoms with Crippen molar-refractivity contribution in [1.82, 2.24) is 15.0 Å². The Kier molecular flexibility index (Phi) is 4.02. The van der Waals surface area contributed by atoms with Crippen LogP contribution in [-0.4, -0.2) is 29.0 Å². The van der Waals surface area contributed by atoms with Gasteiger partial charge in [0.1, 0.15) is 0 Å². The Morgan fingerprint density at radius 2 is 1.90 bits per heavy atom. The van der Waals surface area contributed by atoms with Crippen molar-refractivity contribution in [1.29, 1.82) is 0 Å². The lowest BCUT2D eigenvalue weighted by Gasteiger charge is -2.13. The Labute approximate surface area is 119 Å². The number of nitrogens with one attached hydrogen (secondary N) is 1. The van der Waals surface area contributed by atoms with Gasteiger partial charge in [0.25, 0.3) is 0 Å². The van der Waals surface area contributed by atoms with Crippen LogP contribution in [0.3, 0.4) is 0 Å². The molecule has 0 bridgehead atoms. The van der Waals surface area contributed by atoms with Crippen LogP contribution in [-0.2, 0) is 0 Å². The molecule has 0 spiro atoms. The van der Waals surface area contributed by atoms with E-state index >= 15 is 0 Å². The van der Waals surface area contributed by atoms with Crippen molar-refractivity contribution in [3.63, 3.8) is 0 Å². The Hall–Kier alpha value is -2.37. The molecule has 0 aliphatic heterocycles. The van der Waals surface area contributed by atoms with E-state index in [0.29, 0.717) is 17.8 Å². The first-order valence-corrected chi connectivity index (χ1v) is 6.51. The van der Waals surface area contributed by atoms with E-state index in [1.807, 2.05) is 26.2 Å². The maximum Gasteiger partial charge on any atom is 0.233 e.